The standard InChI is InChI=1S/C13H20N2O2S/c1-10-8-11(2)13(12(3)9-10)4-5-14-18(16,17)15-6-7-15/h8-9,14H,4-7H2,1-3H3. The van der Waals surface area contributed by atoms with Crippen LogP contribution in [0.15, 0.2) is 12.1 Å². The van der Waals surface area contributed by atoms with Gasteiger partial charge in [-0.15, -0.1) is 0 Å². The molecule has 1 aromatic carbocycles. The van der Waals surface area contributed by atoms with E-state index in [0.717, 1.165) is 6.42 Å². The molecule has 0 bridgehead atoms. The van der Waals surface area contributed by atoms with Crippen LogP contribution in [0.3, 0.4) is 0 Å². The molecule has 0 aliphatic carbocycles. The van der Waals surface area contributed by atoms with Crippen molar-refractivity contribution in [3.05, 3.63) is 34.4 Å². The summed E-state index contributed by atoms with van der Waals surface area (Å²) in [6.45, 7) is 7.99. The molecule has 1 aromatic rings. The van der Waals surface area contributed by atoms with Gasteiger partial charge in [0.15, 0.2) is 0 Å². The highest BCUT2D eigenvalue weighted by atomic mass is 32.2. The normalized spacial score (nSPS) is 15.9. The average molecular weight is 268 g/mol. The summed E-state index contributed by atoms with van der Waals surface area (Å²) in [7, 11) is -3.21. The van der Waals surface area contributed by atoms with E-state index in [1.54, 1.807) is 0 Å². The van der Waals surface area contributed by atoms with Crippen LogP contribution in [-0.2, 0) is 16.6 Å². The van der Waals surface area contributed by atoms with E-state index < -0.39 is 10.2 Å². The van der Waals surface area contributed by atoms with Gasteiger partial charge in [0, 0.05) is 19.6 Å². The first-order valence-electron chi connectivity index (χ1n) is 6.21. The first-order chi connectivity index (χ1) is 8.40. The second-order valence-corrected chi connectivity index (χ2v) is 6.68. The fourth-order valence-corrected chi connectivity index (χ4v) is 3.39. The molecule has 1 heterocycles. The SMILES string of the molecule is Cc1cc(C)c(CCNS(=O)(=O)N2CC2)c(C)c1. The van der Waals surface area contributed by atoms with Crippen molar-refractivity contribution in [2.75, 3.05) is 19.6 Å². The minimum atomic E-state index is -3.21. The highest BCUT2D eigenvalue weighted by Crippen LogP contribution is 2.17. The van der Waals surface area contributed by atoms with E-state index in [1.807, 2.05) is 0 Å². The quantitative estimate of drug-likeness (QED) is 0.818. The number of hydrogen-bond acceptors (Lipinski definition) is 2. The van der Waals surface area contributed by atoms with Gasteiger partial charge in [-0.05, 0) is 43.9 Å². The number of nitrogens with one attached hydrogen (secondary N) is 1. The molecule has 0 radical (unpaired) electrons. The Bertz CT molecular complexity index is 525. The van der Waals surface area contributed by atoms with Gasteiger partial charge in [0.05, 0.1) is 0 Å². The predicted molar refractivity (Wildman–Crippen MR) is 72.9 cm³/mol. The topological polar surface area (TPSA) is 49.2 Å². The van der Waals surface area contributed by atoms with Gasteiger partial charge >= 0.3 is 0 Å². The van der Waals surface area contributed by atoms with E-state index in [9.17, 15) is 8.42 Å². The van der Waals surface area contributed by atoms with Gasteiger partial charge in [-0.3, -0.25) is 0 Å². The van der Waals surface area contributed by atoms with E-state index in [1.165, 1.54) is 26.6 Å². The van der Waals surface area contributed by atoms with Crippen LogP contribution in [-0.4, -0.2) is 32.4 Å². The minimum absolute atomic E-state index is 0.462. The summed E-state index contributed by atoms with van der Waals surface area (Å²) in [6, 6.07) is 4.28. The molecule has 1 aliphatic heterocycles. The van der Waals surface area contributed by atoms with Crippen LogP contribution in [0.25, 0.3) is 0 Å². The average Bonchev–Trinajstić information content (AvgIpc) is 3.05. The first-order valence-corrected chi connectivity index (χ1v) is 7.65. The molecular formula is C13H20N2O2S. The second-order valence-electron chi connectivity index (χ2n) is 4.93. The van der Waals surface area contributed by atoms with Gasteiger partial charge in [-0.25, -0.2) is 4.72 Å². The summed E-state index contributed by atoms with van der Waals surface area (Å²) in [5.41, 5.74) is 4.96. The van der Waals surface area contributed by atoms with Crippen molar-refractivity contribution < 1.29 is 8.42 Å². The molecule has 0 aromatic heterocycles. The number of benzene rings is 1. The predicted octanol–water partition coefficient (Wildman–Crippen LogP) is 1.30. The molecule has 1 N–H and O–H groups in total. The number of nitrogens with zero attached hydrogens (tertiary/aromatic N) is 1. The zero-order chi connectivity index (χ0) is 13.3. The van der Waals surface area contributed by atoms with Crippen molar-refractivity contribution in [1.82, 2.24) is 9.03 Å². The smallest absolute Gasteiger partial charge is 0.202 e. The van der Waals surface area contributed by atoms with Gasteiger partial charge in [-0.2, -0.15) is 12.7 Å². The monoisotopic (exact) mass is 268 g/mol. The maximum absolute atomic E-state index is 11.6. The maximum atomic E-state index is 11.6. The lowest BCUT2D eigenvalue weighted by atomic mass is 9.97. The van der Waals surface area contributed by atoms with E-state index in [-0.39, 0.29) is 0 Å². The fraction of sp³-hybridized carbons (Fsp3) is 0.538. The first kappa shape index (κ1) is 13.5. The number of rotatable bonds is 5. The lowest BCUT2D eigenvalue weighted by Crippen LogP contribution is -2.31. The summed E-state index contributed by atoms with van der Waals surface area (Å²) in [6.07, 6.45) is 0.741. The zero-order valence-electron chi connectivity index (χ0n) is 11.2. The minimum Gasteiger partial charge on any atom is -0.202 e. The highest BCUT2D eigenvalue weighted by molar-refractivity contribution is 7.87. The largest absolute Gasteiger partial charge is 0.279 e. The van der Waals surface area contributed by atoms with Crippen LogP contribution in [0, 0.1) is 20.8 Å². The molecule has 0 amide bonds. The molecule has 1 aliphatic rings. The Balaban J connectivity index is 1.98. The van der Waals surface area contributed by atoms with Crippen molar-refractivity contribution in [3.8, 4) is 0 Å². The molecule has 0 spiro atoms. The van der Waals surface area contributed by atoms with Crippen molar-refractivity contribution in [2.45, 2.75) is 27.2 Å². The van der Waals surface area contributed by atoms with Crippen molar-refractivity contribution in [2.24, 2.45) is 0 Å². The summed E-state index contributed by atoms with van der Waals surface area (Å²) in [4.78, 5) is 0. The van der Waals surface area contributed by atoms with E-state index >= 15 is 0 Å². The lowest BCUT2D eigenvalue weighted by Gasteiger charge is -2.12. The molecule has 100 valence electrons. The molecule has 0 saturated carbocycles. The van der Waals surface area contributed by atoms with E-state index in [4.69, 9.17) is 0 Å². The molecule has 0 atom stereocenters. The Kier molecular flexibility index (Phi) is 3.75. The van der Waals surface area contributed by atoms with E-state index in [2.05, 4.69) is 37.6 Å². The van der Waals surface area contributed by atoms with Gasteiger partial charge in [0.2, 0.25) is 0 Å². The van der Waals surface area contributed by atoms with Gasteiger partial charge in [-0.1, -0.05) is 17.7 Å². The number of hydrogen-bond donors (Lipinski definition) is 1. The Hall–Kier alpha value is -0.910. The van der Waals surface area contributed by atoms with Gasteiger partial charge in [0.1, 0.15) is 0 Å². The zero-order valence-corrected chi connectivity index (χ0v) is 12.0. The van der Waals surface area contributed by atoms with Crippen LogP contribution in [0.1, 0.15) is 22.3 Å². The third-order valence-corrected chi connectivity index (χ3v) is 4.86. The maximum Gasteiger partial charge on any atom is 0.279 e. The summed E-state index contributed by atoms with van der Waals surface area (Å²) < 4.78 is 27.3. The Morgan fingerprint density at radius 1 is 1.17 bits per heavy atom. The fourth-order valence-electron chi connectivity index (χ4n) is 2.28. The second kappa shape index (κ2) is 4.99. The number of aryl methyl sites for hydroxylation is 3. The Labute approximate surface area is 109 Å². The Morgan fingerprint density at radius 3 is 2.22 bits per heavy atom. The van der Waals surface area contributed by atoms with Crippen molar-refractivity contribution in [1.29, 1.82) is 0 Å². The third-order valence-electron chi connectivity index (χ3n) is 3.25. The molecule has 2 rings (SSSR count). The summed E-state index contributed by atoms with van der Waals surface area (Å²) in [5.74, 6) is 0. The van der Waals surface area contributed by atoms with Crippen molar-refractivity contribution >= 4 is 10.2 Å². The van der Waals surface area contributed by atoms with Crippen LogP contribution in [0.4, 0.5) is 0 Å². The van der Waals surface area contributed by atoms with Gasteiger partial charge < -0.3 is 0 Å². The van der Waals surface area contributed by atoms with Crippen molar-refractivity contribution in [3.63, 3.8) is 0 Å². The molecule has 4 nitrogen and oxygen atoms in total. The Morgan fingerprint density at radius 2 is 1.72 bits per heavy atom. The molecule has 1 fully saturated rings. The van der Waals surface area contributed by atoms with Crippen LogP contribution >= 0.6 is 0 Å². The van der Waals surface area contributed by atoms with Crippen LogP contribution < -0.4 is 4.72 Å². The van der Waals surface area contributed by atoms with Gasteiger partial charge in [0.25, 0.3) is 10.2 Å². The molecule has 0 unspecified atom stereocenters. The molecule has 18 heavy (non-hydrogen) atoms. The highest BCUT2D eigenvalue weighted by Gasteiger charge is 2.30. The molecular weight excluding hydrogens is 248 g/mol. The molecule has 5 heteroatoms. The van der Waals surface area contributed by atoms with Crippen LogP contribution in [0.5, 0.6) is 0 Å². The van der Waals surface area contributed by atoms with Crippen LogP contribution in [0.2, 0.25) is 0 Å². The molecule has 1 saturated heterocycles. The summed E-state index contributed by atoms with van der Waals surface area (Å²) in [5, 5.41) is 0. The lowest BCUT2D eigenvalue weighted by molar-refractivity contribution is 0.547. The third kappa shape index (κ3) is 3.10. The van der Waals surface area contributed by atoms with E-state index in [0.29, 0.717) is 19.6 Å². The summed E-state index contributed by atoms with van der Waals surface area (Å²) >= 11 is 0.